The van der Waals surface area contributed by atoms with Gasteiger partial charge in [-0.25, -0.2) is 0 Å². The largest absolute Gasteiger partial charge is 0.353 e. The third kappa shape index (κ3) is 65.5. The molecule has 0 fully saturated rings. The molecule has 0 aromatic rings. The minimum absolute atomic E-state index is 1.02. The summed E-state index contributed by atoms with van der Waals surface area (Å²) < 4.78 is 0. The molecule has 2 heteroatoms. The maximum absolute atomic E-state index is 3.93. The highest BCUT2D eigenvalue weighted by Gasteiger charge is 1.98. The van der Waals surface area contributed by atoms with Crippen LogP contribution in [-0.2, 0) is 0 Å². The van der Waals surface area contributed by atoms with Crippen LogP contribution in [0.2, 0.25) is 0 Å². The minimum atomic E-state index is 1.02. The Bertz CT molecular complexity index is 363. The molecule has 0 heterocycles. The van der Waals surface area contributed by atoms with E-state index in [1.54, 1.807) is 0 Å². The average Bonchev–Trinajstić information content (AvgIpc) is 2.95. The molecule has 0 aliphatic carbocycles. The van der Waals surface area contributed by atoms with Gasteiger partial charge in [0.05, 0.1) is 0 Å². The average molecular weight is 514 g/mol. The molecule has 0 saturated heterocycles. The van der Waals surface area contributed by atoms with Crippen LogP contribution in [0.4, 0.5) is 0 Å². The highest BCUT2D eigenvalue weighted by Crippen LogP contribution is 2.09. The molecule has 0 aromatic carbocycles. The van der Waals surface area contributed by atoms with Gasteiger partial charge in [0.15, 0.2) is 0 Å². The van der Waals surface area contributed by atoms with Crippen LogP contribution < -0.4 is 0 Å². The standard InChI is InChI=1S/C9H17N.C8H16S.C8H18.2C2H6.2C2H4/c1-6-8(3)10(5)9(4)7-2;1-3-5-6-8-9-7-4-2;1-3-5-7-8-6-4-2;4*1-2/h7H,3,6H2,1-2,4-5H3;4,7H,3,5-6,8H2,1-2H3;3-8H2,1-2H3;2*1-2H3;2*1-2H2/b9-7+;7-4-;;;;;. The summed E-state index contributed by atoms with van der Waals surface area (Å²) in [5, 5.41) is 2.16. The zero-order valence-electron chi connectivity index (χ0n) is 26.9. The van der Waals surface area contributed by atoms with E-state index in [0.29, 0.717) is 0 Å². The molecule has 0 radical (unpaired) electrons. The predicted octanol–water partition coefficient (Wildman–Crippen LogP) is 13.2. The molecule has 0 bridgehead atoms. The van der Waals surface area contributed by atoms with E-state index in [2.05, 4.69) is 96.9 Å². The number of nitrogens with zero attached hydrogens (tertiary/aromatic N) is 1. The smallest absolute Gasteiger partial charge is 0.0111 e. The number of unbranched alkanes of at least 4 members (excludes halogenated alkanes) is 7. The SMILES string of the molecule is C/C=C\SCCCCC.C=C.C=C.C=C(CC)N(C)/C(C)=C/C.CC.CC.CCCCCCCC. The summed E-state index contributed by atoms with van der Waals surface area (Å²) in [7, 11) is 2.04. The first-order chi connectivity index (χ1) is 17.0. The van der Waals surface area contributed by atoms with Crippen molar-refractivity contribution in [3.8, 4) is 0 Å². The summed E-state index contributed by atoms with van der Waals surface area (Å²) in [5.74, 6) is 1.29. The van der Waals surface area contributed by atoms with Crippen LogP contribution in [0.1, 0.15) is 140 Å². The van der Waals surface area contributed by atoms with Gasteiger partial charge < -0.3 is 4.90 Å². The van der Waals surface area contributed by atoms with Crippen molar-refractivity contribution in [3.63, 3.8) is 0 Å². The molecule has 0 spiro atoms. The summed E-state index contributed by atoms with van der Waals surface area (Å²) in [6.45, 7) is 39.0. The Balaban J connectivity index is -0.0000000587. The number of thioether (sulfide) groups is 1. The van der Waals surface area contributed by atoms with Crippen molar-refractivity contribution in [1.29, 1.82) is 0 Å². The van der Waals surface area contributed by atoms with Crippen LogP contribution in [-0.4, -0.2) is 17.7 Å². The maximum Gasteiger partial charge on any atom is 0.0111 e. The van der Waals surface area contributed by atoms with E-state index in [1.807, 2.05) is 53.4 Å². The highest BCUT2D eigenvalue weighted by atomic mass is 32.2. The van der Waals surface area contributed by atoms with Crippen LogP contribution in [0, 0.1) is 0 Å². The predicted molar refractivity (Wildman–Crippen MR) is 178 cm³/mol. The molecule has 0 saturated carbocycles. The van der Waals surface area contributed by atoms with Crippen molar-refractivity contribution in [2.75, 3.05) is 12.8 Å². The van der Waals surface area contributed by atoms with Crippen molar-refractivity contribution in [3.05, 3.63) is 61.8 Å². The first-order valence-electron chi connectivity index (χ1n) is 14.2. The quantitative estimate of drug-likeness (QED) is 0.178. The Kier molecular flexibility index (Phi) is 92.4. The summed E-state index contributed by atoms with van der Waals surface area (Å²) >= 11 is 1.91. The third-order valence-electron chi connectivity index (χ3n) is 4.38. The molecule has 0 rings (SSSR count). The van der Waals surface area contributed by atoms with Gasteiger partial charge in [0, 0.05) is 18.4 Å². The van der Waals surface area contributed by atoms with Crippen molar-refractivity contribution in [2.45, 2.75) is 140 Å². The Morgan fingerprint density at radius 1 is 0.714 bits per heavy atom. The monoisotopic (exact) mass is 514 g/mol. The normalized spacial score (nSPS) is 8.86. The van der Waals surface area contributed by atoms with Gasteiger partial charge in [0.25, 0.3) is 0 Å². The second-order valence-electron chi connectivity index (χ2n) is 6.87. The molecule has 0 amide bonds. The van der Waals surface area contributed by atoms with Crippen LogP contribution in [0.25, 0.3) is 0 Å². The van der Waals surface area contributed by atoms with Crippen LogP contribution in [0.15, 0.2) is 61.8 Å². The second-order valence-corrected chi connectivity index (χ2v) is 7.88. The maximum atomic E-state index is 3.93. The Morgan fingerprint density at radius 3 is 1.37 bits per heavy atom. The molecule has 1 nitrogen and oxygen atoms in total. The van der Waals surface area contributed by atoms with E-state index in [0.717, 1.165) is 12.1 Å². The molecular weight excluding hydrogens is 442 g/mol. The van der Waals surface area contributed by atoms with Gasteiger partial charge in [-0.15, -0.1) is 38.1 Å². The fourth-order valence-electron chi connectivity index (χ4n) is 2.13. The van der Waals surface area contributed by atoms with Crippen molar-refractivity contribution in [1.82, 2.24) is 4.90 Å². The van der Waals surface area contributed by atoms with Gasteiger partial charge in [0.1, 0.15) is 0 Å². The molecule has 0 aromatic heterocycles. The third-order valence-corrected chi connectivity index (χ3v) is 5.37. The van der Waals surface area contributed by atoms with E-state index in [1.165, 1.54) is 69.2 Å². The lowest BCUT2D eigenvalue weighted by Crippen LogP contribution is -2.13. The van der Waals surface area contributed by atoms with E-state index >= 15 is 0 Å². The zero-order chi connectivity index (χ0) is 29.3. The topological polar surface area (TPSA) is 3.24 Å². The molecule has 214 valence electrons. The van der Waals surface area contributed by atoms with Crippen LogP contribution in [0.5, 0.6) is 0 Å². The number of hydrogen-bond acceptors (Lipinski definition) is 2. The van der Waals surface area contributed by atoms with Crippen molar-refractivity contribution < 1.29 is 0 Å². The van der Waals surface area contributed by atoms with Crippen LogP contribution in [0.3, 0.4) is 0 Å². The summed E-state index contributed by atoms with van der Waals surface area (Å²) in [5.41, 5.74) is 2.42. The molecule has 0 unspecified atom stereocenters. The summed E-state index contributed by atoms with van der Waals surface area (Å²) in [6, 6.07) is 0. The fourth-order valence-corrected chi connectivity index (χ4v) is 2.83. The highest BCUT2D eigenvalue weighted by molar-refractivity contribution is 8.02. The second kappa shape index (κ2) is 63.8. The van der Waals surface area contributed by atoms with Gasteiger partial charge in [-0.3, -0.25) is 0 Å². The lowest BCUT2D eigenvalue weighted by atomic mass is 10.1. The van der Waals surface area contributed by atoms with Gasteiger partial charge in [-0.05, 0) is 44.8 Å². The number of hydrogen-bond donors (Lipinski definition) is 0. The van der Waals surface area contributed by atoms with E-state index in [-0.39, 0.29) is 0 Å². The molecule has 35 heavy (non-hydrogen) atoms. The Hall–Kier alpha value is -1.15. The molecule has 0 aliphatic rings. The zero-order valence-corrected chi connectivity index (χ0v) is 27.7. The van der Waals surface area contributed by atoms with Gasteiger partial charge in [0.2, 0.25) is 0 Å². The van der Waals surface area contributed by atoms with Gasteiger partial charge in [-0.1, -0.05) is 125 Å². The molecule has 0 N–H and O–H groups in total. The molecule has 0 aliphatic heterocycles. The minimum Gasteiger partial charge on any atom is -0.353 e. The molecular formula is C33H71NS. The summed E-state index contributed by atoms with van der Waals surface area (Å²) in [4.78, 5) is 2.11. The van der Waals surface area contributed by atoms with Gasteiger partial charge in [-0.2, -0.15) is 0 Å². The van der Waals surface area contributed by atoms with E-state index in [4.69, 9.17) is 0 Å². The lowest BCUT2D eigenvalue weighted by Gasteiger charge is -2.20. The Labute approximate surface area is 231 Å². The summed E-state index contributed by atoms with van der Waals surface area (Å²) in [6.07, 6.45) is 17.8. The van der Waals surface area contributed by atoms with Gasteiger partial charge >= 0.3 is 0 Å². The lowest BCUT2D eigenvalue weighted by molar-refractivity contribution is 0.504. The molecule has 0 atom stereocenters. The Morgan fingerprint density at radius 2 is 1.09 bits per heavy atom. The first-order valence-corrected chi connectivity index (χ1v) is 15.3. The number of allylic oxidation sites excluding steroid dienone is 4. The first kappa shape index (κ1) is 50.7. The number of rotatable bonds is 13. The van der Waals surface area contributed by atoms with Crippen molar-refractivity contribution in [2.24, 2.45) is 0 Å². The fraction of sp³-hybridized carbons (Fsp3) is 0.697. The van der Waals surface area contributed by atoms with Crippen LogP contribution >= 0.6 is 11.8 Å². The van der Waals surface area contributed by atoms with E-state index < -0.39 is 0 Å². The van der Waals surface area contributed by atoms with Crippen molar-refractivity contribution >= 4 is 11.8 Å². The van der Waals surface area contributed by atoms with E-state index in [9.17, 15) is 0 Å².